The molecular formula is C13H17ClN2O3. The Labute approximate surface area is 117 Å². The number of ether oxygens (including phenoxy) is 1. The summed E-state index contributed by atoms with van der Waals surface area (Å²) in [6.45, 7) is 2.26. The number of likely N-dealkylation sites (N-methyl/N-ethyl adjacent to an activating group) is 1. The van der Waals surface area contributed by atoms with Gasteiger partial charge in [0.2, 0.25) is 5.91 Å². The van der Waals surface area contributed by atoms with Gasteiger partial charge >= 0.3 is 6.09 Å². The molecular weight excluding hydrogens is 268 g/mol. The van der Waals surface area contributed by atoms with E-state index in [9.17, 15) is 9.59 Å². The maximum Gasteiger partial charge on any atom is 0.413 e. The molecule has 0 aromatic heterocycles. The number of alkyl carbamates (subject to hydrolysis) is 1. The van der Waals surface area contributed by atoms with Crippen molar-refractivity contribution in [3.63, 3.8) is 0 Å². The molecule has 0 spiro atoms. The van der Waals surface area contributed by atoms with E-state index in [0.29, 0.717) is 11.6 Å². The van der Waals surface area contributed by atoms with E-state index in [1.807, 2.05) is 23.1 Å². The maximum atomic E-state index is 11.7. The van der Waals surface area contributed by atoms with Crippen molar-refractivity contribution in [2.45, 2.75) is 19.5 Å². The highest BCUT2D eigenvalue weighted by atomic mass is 35.5. The molecule has 1 aromatic carbocycles. The fourth-order valence-corrected chi connectivity index (χ4v) is 1.73. The van der Waals surface area contributed by atoms with Crippen molar-refractivity contribution < 1.29 is 14.3 Å². The second-order valence-electron chi connectivity index (χ2n) is 4.20. The molecule has 19 heavy (non-hydrogen) atoms. The summed E-state index contributed by atoms with van der Waals surface area (Å²) >= 11 is 5.90. The van der Waals surface area contributed by atoms with Crippen LogP contribution in [0.25, 0.3) is 0 Å². The van der Waals surface area contributed by atoms with Crippen LogP contribution < -0.4 is 5.32 Å². The number of halogens is 1. The Kier molecular flexibility index (Phi) is 5.79. The normalized spacial score (nSPS) is 12.1. The average Bonchev–Trinajstić information content (AvgIpc) is 2.37. The van der Waals surface area contributed by atoms with Crippen molar-refractivity contribution in [3.05, 3.63) is 34.9 Å². The van der Waals surface area contributed by atoms with E-state index < -0.39 is 18.0 Å². The second-order valence-corrected chi connectivity index (χ2v) is 4.64. The number of carbonyl (C=O) groups excluding carboxylic acids is 2. The Balaban J connectivity index is 2.59. The van der Waals surface area contributed by atoms with E-state index in [0.717, 1.165) is 5.56 Å². The van der Waals surface area contributed by atoms with Gasteiger partial charge in [-0.25, -0.2) is 4.79 Å². The number of nitrogens with zero attached hydrogens (tertiary/aromatic N) is 1. The number of amides is 2. The lowest BCUT2D eigenvalue weighted by Crippen LogP contribution is -2.45. The number of hydrogen-bond acceptors (Lipinski definition) is 4. The first-order chi connectivity index (χ1) is 8.93. The minimum atomic E-state index is -0.756. The predicted molar refractivity (Wildman–Crippen MR) is 72.9 cm³/mol. The summed E-state index contributed by atoms with van der Waals surface area (Å²) in [7, 11) is 3.01. The predicted octanol–water partition coefficient (Wildman–Crippen LogP) is 2.04. The van der Waals surface area contributed by atoms with Crippen LogP contribution in [0.5, 0.6) is 0 Å². The van der Waals surface area contributed by atoms with Gasteiger partial charge < -0.3 is 4.74 Å². The molecule has 0 bridgehead atoms. The molecule has 0 radical (unpaired) electrons. The summed E-state index contributed by atoms with van der Waals surface area (Å²) in [5, 5.41) is 2.79. The molecule has 0 unspecified atom stereocenters. The molecule has 1 aromatic rings. The molecule has 0 aliphatic heterocycles. The number of methoxy groups -OCH3 is 1. The van der Waals surface area contributed by atoms with Gasteiger partial charge in [-0.15, -0.1) is 0 Å². The highest BCUT2D eigenvalue weighted by Crippen LogP contribution is 2.13. The van der Waals surface area contributed by atoms with Crippen LogP contribution in [0, 0.1) is 0 Å². The van der Waals surface area contributed by atoms with E-state index in [1.54, 1.807) is 20.0 Å². The van der Waals surface area contributed by atoms with Gasteiger partial charge in [0.15, 0.2) is 0 Å². The zero-order valence-corrected chi connectivity index (χ0v) is 11.9. The third-order valence-electron chi connectivity index (χ3n) is 2.77. The van der Waals surface area contributed by atoms with Gasteiger partial charge in [-0.05, 0) is 31.7 Å². The van der Waals surface area contributed by atoms with E-state index in [1.165, 1.54) is 7.11 Å². The summed E-state index contributed by atoms with van der Waals surface area (Å²) in [6, 6.07) is 6.94. The maximum absolute atomic E-state index is 11.7. The van der Waals surface area contributed by atoms with Gasteiger partial charge in [-0.2, -0.15) is 0 Å². The molecule has 0 fully saturated rings. The molecule has 0 heterocycles. The first-order valence-electron chi connectivity index (χ1n) is 5.77. The van der Waals surface area contributed by atoms with Crippen LogP contribution >= 0.6 is 11.6 Å². The number of imide groups is 1. The Bertz CT molecular complexity index is 465. The van der Waals surface area contributed by atoms with E-state index in [-0.39, 0.29) is 0 Å². The molecule has 5 nitrogen and oxygen atoms in total. The number of hydrogen-bond donors (Lipinski definition) is 1. The van der Waals surface area contributed by atoms with Crippen LogP contribution in [0.15, 0.2) is 24.3 Å². The van der Waals surface area contributed by atoms with Gasteiger partial charge in [0, 0.05) is 11.6 Å². The van der Waals surface area contributed by atoms with Gasteiger partial charge in [-0.3, -0.25) is 15.0 Å². The molecule has 0 aliphatic carbocycles. The van der Waals surface area contributed by atoms with E-state index in [4.69, 9.17) is 11.6 Å². The molecule has 1 rings (SSSR count). The number of rotatable bonds is 4. The zero-order valence-electron chi connectivity index (χ0n) is 11.1. The van der Waals surface area contributed by atoms with Gasteiger partial charge in [-0.1, -0.05) is 23.7 Å². The Morgan fingerprint density at radius 2 is 2.16 bits per heavy atom. The highest BCUT2D eigenvalue weighted by molar-refractivity contribution is 6.30. The van der Waals surface area contributed by atoms with Gasteiger partial charge in [0.25, 0.3) is 0 Å². The number of nitrogens with one attached hydrogen (secondary N) is 1. The van der Waals surface area contributed by atoms with Crippen LogP contribution in [-0.2, 0) is 16.1 Å². The molecule has 0 saturated carbocycles. The third-order valence-corrected chi connectivity index (χ3v) is 3.01. The van der Waals surface area contributed by atoms with Crippen molar-refractivity contribution in [2.24, 2.45) is 0 Å². The van der Waals surface area contributed by atoms with Crippen molar-refractivity contribution >= 4 is 23.6 Å². The topological polar surface area (TPSA) is 58.6 Å². The molecule has 1 atom stereocenters. The minimum Gasteiger partial charge on any atom is -0.453 e. The van der Waals surface area contributed by atoms with Crippen LogP contribution in [-0.4, -0.2) is 37.1 Å². The number of benzene rings is 1. The average molecular weight is 285 g/mol. The first kappa shape index (κ1) is 15.5. The monoisotopic (exact) mass is 284 g/mol. The van der Waals surface area contributed by atoms with Crippen molar-refractivity contribution in [1.29, 1.82) is 0 Å². The van der Waals surface area contributed by atoms with Crippen LogP contribution in [0.4, 0.5) is 4.79 Å². The van der Waals surface area contributed by atoms with Crippen LogP contribution in [0.2, 0.25) is 5.02 Å². The second kappa shape index (κ2) is 7.11. The van der Waals surface area contributed by atoms with Crippen molar-refractivity contribution in [3.8, 4) is 0 Å². The summed E-state index contributed by atoms with van der Waals surface area (Å²) in [5.41, 5.74) is 0.993. The number of carbonyl (C=O) groups is 2. The van der Waals surface area contributed by atoms with Crippen molar-refractivity contribution in [2.75, 3.05) is 14.2 Å². The fraction of sp³-hybridized carbons (Fsp3) is 0.385. The molecule has 6 heteroatoms. The quantitative estimate of drug-likeness (QED) is 0.919. The van der Waals surface area contributed by atoms with E-state index >= 15 is 0 Å². The van der Waals surface area contributed by atoms with Gasteiger partial charge in [0.1, 0.15) is 0 Å². The molecule has 2 amide bonds. The van der Waals surface area contributed by atoms with E-state index in [2.05, 4.69) is 10.1 Å². The third kappa shape index (κ3) is 4.89. The van der Waals surface area contributed by atoms with Crippen molar-refractivity contribution in [1.82, 2.24) is 10.2 Å². The molecule has 104 valence electrons. The largest absolute Gasteiger partial charge is 0.453 e. The smallest absolute Gasteiger partial charge is 0.413 e. The lowest BCUT2D eigenvalue weighted by molar-refractivity contribution is -0.124. The lowest BCUT2D eigenvalue weighted by Gasteiger charge is -2.23. The molecule has 1 N–H and O–H groups in total. The Hall–Kier alpha value is -1.59. The molecule has 0 saturated heterocycles. The summed E-state index contributed by atoms with van der Waals surface area (Å²) in [6.07, 6.45) is -0.756. The minimum absolute atomic E-state index is 0.406. The first-order valence-corrected chi connectivity index (χ1v) is 6.15. The zero-order chi connectivity index (χ0) is 14.4. The van der Waals surface area contributed by atoms with Gasteiger partial charge in [0.05, 0.1) is 13.2 Å². The molecule has 0 aliphatic rings. The standard InChI is InChI=1S/C13H17ClN2O3/c1-9(12(17)15-13(18)19-3)16(2)8-10-5-4-6-11(14)7-10/h4-7,9H,8H2,1-3H3,(H,15,17,18)/t9-/m1/s1. The lowest BCUT2D eigenvalue weighted by atomic mass is 10.2. The Morgan fingerprint density at radius 3 is 2.74 bits per heavy atom. The van der Waals surface area contributed by atoms with Crippen LogP contribution in [0.3, 0.4) is 0 Å². The summed E-state index contributed by atoms with van der Waals surface area (Å²) < 4.78 is 4.38. The fourth-order valence-electron chi connectivity index (χ4n) is 1.52. The highest BCUT2D eigenvalue weighted by Gasteiger charge is 2.20. The Morgan fingerprint density at radius 1 is 1.47 bits per heavy atom. The van der Waals surface area contributed by atoms with Crippen LogP contribution in [0.1, 0.15) is 12.5 Å². The summed E-state index contributed by atoms with van der Waals surface area (Å²) in [4.78, 5) is 24.5. The SMILES string of the molecule is COC(=O)NC(=O)[C@@H](C)N(C)Cc1cccc(Cl)c1. The summed E-state index contributed by atoms with van der Waals surface area (Å²) in [5.74, 6) is -0.406.